The molecule has 112 valence electrons. The number of likely N-dealkylation sites (tertiary alicyclic amines) is 1. The van der Waals surface area contributed by atoms with Crippen molar-refractivity contribution >= 4 is 18.3 Å². The number of rotatable bonds is 4. The molecule has 1 amide bonds. The van der Waals surface area contributed by atoms with Crippen LogP contribution in [0.2, 0.25) is 0 Å². The minimum atomic E-state index is 0. The first-order chi connectivity index (χ1) is 9.20. The molecule has 5 heteroatoms. The molecule has 2 atom stereocenters. The van der Waals surface area contributed by atoms with Crippen molar-refractivity contribution in [3.05, 3.63) is 30.3 Å². The first-order valence-electron chi connectivity index (χ1n) is 6.88. The van der Waals surface area contributed by atoms with Gasteiger partial charge in [-0.2, -0.15) is 0 Å². The number of hydrogen-bond acceptors (Lipinski definition) is 3. The summed E-state index contributed by atoms with van der Waals surface area (Å²) in [7, 11) is 0. The van der Waals surface area contributed by atoms with Crippen LogP contribution < -0.4 is 10.5 Å². The molecule has 1 aromatic rings. The summed E-state index contributed by atoms with van der Waals surface area (Å²) in [5.74, 6) is 1.41. The highest BCUT2D eigenvalue weighted by Crippen LogP contribution is 2.22. The predicted molar refractivity (Wildman–Crippen MR) is 82.1 cm³/mol. The van der Waals surface area contributed by atoms with Crippen molar-refractivity contribution in [3.8, 4) is 5.75 Å². The maximum absolute atomic E-state index is 12.2. The van der Waals surface area contributed by atoms with Crippen molar-refractivity contribution in [3.63, 3.8) is 0 Å². The van der Waals surface area contributed by atoms with Crippen LogP contribution in [-0.2, 0) is 4.79 Å². The van der Waals surface area contributed by atoms with Crippen LogP contribution in [0.25, 0.3) is 0 Å². The number of hydrogen-bond donors (Lipinski definition) is 1. The van der Waals surface area contributed by atoms with Crippen molar-refractivity contribution in [1.29, 1.82) is 0 Å². The Bertz CT molecular complexity index is 414. The lowest BCUT2D eigenvalue weighted by molar-refractivity contribution is -0.137. The Hall–Kier alpha value is -1.26. The van der Waals surface area contributed by atoms with E-state index in [-0.39, 0.29) is 31.0 Å². The number of nitrogens with zero attached hydrogens (tertiary/aromatic N) is 1. The van der Waals surface area contributed by atoms with Gasteiger partial charge in [-0.25, -0.2) is 0 Å². The topological polar surface area (TPSA) is 55.6 Å². The van der Waals surface area contributed by atoms with E-state index in [4.69, 9.17) is 10.5 Å². The van der Waals surface area contributed by atoms with Crippen LogP contribution in [0.1, 0.15) is 19.8 Å². The van der Waals surface area contributed by atoms with Crippen LogP contribution in [0.5, 0.6) is 5.75 Å². The number of benzene rings is 1. The van der Waals surface area contributed by atoms with Gasteiger partial charge in [0.25, 0.3) is 5.91 Å². The first kappa shape index (κ1) is 16.8. The van der Waals surface area contributed by atoms with E-state index in [1.807, 2.05) is 35.2 Å². The Morgan fingerprint density at radius 2 is 2.10 bits per heavy atom. The zero-order chi connectivity index (χ0) is 13.7. The van der Waals surface area contributed by atoms with E-state index in [0.717, 1.165) is 25.1 Å². The van der Waals surface area contributed by atoms with Gasteiger partial charge >= 0.3 is 0 Å². The molecule has 20 heavy (non-hydrogen) atoms. The second kappa shape index (κ2) is 8.12. The zero-order valence-corrected chi connectivity index (χ0v) is 12.6. The van der Waals surface area contributed by atoms with Gasteiger partial charge in [-0.1, -0.05) is 25.1 Å². The molecule has 1 heterocycles. The average molecular weight is 299 g/mol. The van der Waals surface area contributed by atoms with Crippen LogP contribution in [-0.4, -0.2) is 36.5 Å². The summed E-state index contributed by atoms with van der Waals surface area (Å²) in [6.45, 7) is 3.63. The van der Waals surface area contributed by atoms with E-state index in [0.29, 0.717) is 12.5 Å². The van der Waals surface area contributed by atoms with E-state index in [9.17, 15) is 4.79 Å². The smallest absolute Gasteiger partial charge is 0.260 e. The summed E-state index contributed by atoms with van der Waals surface area (Å²) in [5.41, 5.74) is 5.77. The molecule has 1 aliphatic heterocycles. The molecule has 1 aromatic carbocycles. The van der Waals surface area contributed by atoms with Crippen molar-refractivity contribution < 1.29 is 9.53 Å². The Morgan fingerprint density at radius 1 is 1.40 bits per heavy atom. The quantitative estimate of drug-likeness (QED) is 0.926. The highest BCUT2D eigenvalue weighted by atomic mass is 35.5. The molecule has 0 bridgehead atoms. The average Bonchev–Trinajstić information content (AvgIpc) is 2.45. The van der Waals surface area contributed by atoms with E-state index in [2.05, 4.69) is 6.92 Å². The summed E-state index contributed by atoms with van der Waals surface area (Å²) in [6.07, 6.45) is 2.04. The summed E-state index contributed by atoms with van der Waals surface area (Å²) in [4.78, 5) is 14.1. The second-order valence-electron chi connectivity index (χ2n) is 5.21. The molecule has 0 radical (unpaired) electrons. The number of carbonyl (C=O) groups is 1. The van der Waals surface area contributed by atoms with Gasteiger partial charge in [-0.15, -0.1) is 12.4 Å². The van der Waals surface area contributed by atoms with Gasteiger partial charge in [0.15, 0.2) is 6.61 Å². The molecule has 1 fully saturated rings. The van der Waals surface area contributed by atoms with Crippen LogP contribution in [0, 0.1) is 5.92 Å². The van der Waals surface area contributed by atoms with Gasteiger partial charge in [0.1, 0.15) is 5.75 Å². The van der Waals surface area contributed by atoms with E-state index >= 15 is 0 Å². The number of piperidine rings is 1. The number of carbonyl (C=O) groups excluding carboxylic acids is 1. The largest absolute Gasteiger partial charge is 0.484 e. The molecule has 1 aliphatic rings. The third-order valence-electron chi connectivity index (χ3n) is 3.68. The minimum absolute atomic E-state index is 0. The van der Waals surface area contributed by atoms with Crippen molar-refractivity contribution in [2.75, 3.05) is 19.7 Å². The summed E-state index contributed by atoms with van der Waals surface area (Å²) < 4.78 is 5.51. The van der Waals surface area contributed by atoms with E-state index < -0.39 is 0 Å². The fourth-order valence-corrected chi connectivity index (χ4v) is 2.55. The van der Waals surface area contributed by atoms with Crippen molar-refractivity contribution in [2.45, 2.75) is 25.8 Å². The highest BCUT2D eigenvalue weighted by Gasteiger charge is 2.28. The van der Waals surface area contributed by atoms with Gasteiger partial charge in [-0.3, -0.25) is 4.79 Å². The molecular formula is C15H23ClN2O2. The monoisotopic (exact) mass is 298 g/mol. The second-order valence-corrected chi connectivity index (χ2v) is 5.21. The maximum atomic E-state index is 12.2. The fraction of sp³-hybridized carbons (Fsp3) is 0.533. The lowest BCUT2D eigenvalue weighted by atomic mass is 9.92. The Labute approximate surface area is 126 Å². The van der Waals surface area contributed by atoms with Crippen molar-refractivity contribution in [2.24, 2.45) is 11.7 Å². The third-order valence-corrected chi connectivity index (χ3v) is 3.68. The lowest BCUT2D eigenvalue weighted by Gasteiger charge is -2.37. The standard InChI is InChI=1S/C15H22N2O2.ClH/c1-12-7-8-17(13(9-12)10-16)15(18)11-19-14-5-3-2-4-6-14;/h2-6,12-13H,7-11,16H2,1H3;1H. The summed E-state index contributed by atoms with van der Waals surface area (Å²) >= 11 is 0. The normalized spacial score (nSPS) is 22.0. The number of para-hydroxylation sites is 1. The molecule has 2 rings (SSSR count). The van der Waals surface area contributed by atoms with Crippen LogP contribution in [0.4, 0.5) is 0 Å². The fourth-order valence-electron chi connectivity index (χ4n) is 2.55. The molecule has 0 spiro atoms. The predicted octanol–water partition coefficient (Wildman–Crippen LogP) is 2.07. The first-order valence-corrected chi connectivity index (χ1v) is 6.88. The van der Waals surface area contributed by atoms with Crippen LogP contribution >= 0.6 is 12.4 Å². The van der Waals surface area contributed by atoms with Crippen LogP contribution in [0.15, 0.2) is 30.3 Å². The van der Waals surface area contributed by atoms with Gasteiger partial charge in [0.05, 0.1) is 0 Å². The minimum Gasteiger partial charge on any atom is -0.484 e. The van der Waals surface area contributed by atoms with Gasteiger partial charge < -0.3 is 15.4 Å². The number of amides is 1. The van der Waals surface area contributed by atoms with E-state index in [1.54, 1.807) is 0 Å². The molecule has 4 nitrogen and oxygen atoms in total. The number of halogens is 1. The molecule has 0 saturated carbocycles. The van der Waals surface area contributed by atoms with Crippen LogP contribution in [0.3, 0.4) is 0 Å². The van der Waals surface area contributed by atoms with E-state index in [1.165, 1.54) is 0 Å². The number of nitrogens with two attached hydrogens (primary N) is 1. The molecule has 2 unspecified atom stereocenters. The van der Waals surface area contributed by atoms with Gasteiger partial charge in [-0.05, 0) is 30.9 Å². The zero-order valence-electron chi connectivity index (χ0n) is 11.8. The highest BCUT2D eigenvalue weighted by molar-refractivity contribution is 5.85. The molecule has 0 aliphatic carbocycles. The Kier molecular flexibility index (Phi) is 6.82. The molecular weight excluding hydrogens is 276 g/mol. The Morgan fingerprint density at radius 3 is 2.75 bits per heavy atom. The summed E-state index contributed by atoms with van der Waals surface area (Å²) in [5, 5.41) is 0. The number of ether oxygens (including phenoxy) is 1. The SMILES string of the molecule is CC1CCN(C(=O)COc2ccccc2)C(CN)C1.Cl. The molecule has 1 saturated heterocycles. The van der Waals surface area contributed by atoms with Gasteiger partial charge in [0, 0.05) is 19.1 Å². The Balaban J connectivity index is 0.00000200. The lowest BCUT2D eigenvalue weighted by Crippen LogP contribution is -2.50. The molecule has 0 aromatic heterocycles. The summed E-state index contributed by atoms with van der Waals surface area (Å²) in [6, 6.07) is 9.58. The third kappa shape index (κ3) is 4.39. The maximum Gasteiger partial charge on any atom is 0.260 e. The van der Waals surface area contributed by atoms with Gasteiger partial charge in [0.2, 0.25) is 0 Å². The molecule has 2 N–H and O–H groups in total. The van der Waals surface area contributed by atoms with Crippen molar-refractivity contribution in [1.82, 2.24) is 4.90 Å².